The number of hydrogen-bond acceptors (Lipinski definition) is 3. The monoisotopic (exact) mass is 246 g/mol. The molecule has 1 rings (SSSR count). The van der Waals surface area contributed by atoms with Gasteiger partial charge in [0.1, 0.15) is 11.2 Å². The minimum atomic E-state index is -1.04. The molecule has 0 radical (unpaired) electrons. The predicted octanol–water partition coefficient (Wildman–Crippen LogP) is 2.80. The number of nitrogens with zero attached hydrogens (tertiary/aromatic N) is 1. The van der Waals surface area contributed by atoms with E-state index >= 15 is 0 Å². The number of carbonyl (C=O) groups excluding carboxylic acids is 1. The molecule has 0 bridgehead atoms. The van der Waals surface area contributed by atoms with Gasteiger partial charge in [-0.2, -0.15) is 5.26 Å². The van der Waals surface area contributed by atoms with Crippen molar-refractivity contribution in [3.63, 3.8) is 0 Å². The van der Waals surface area contributed by atoms with Crippen molar-refractivity contribution in [2.75, 3.05) is 12.4 Å². The molecule has 0 saturated heterocycles. The van der Waals surface area contributed by atoms with Crippen LogP contribution >= 0.6 is 0 Å². The number of amides is 1. The summed E-state index contributed by atoms with van der Waals surface area (Å²) >= 11 is 0. The fraction of sp³-hybridized carbons (Fsp3) is 0.429. The van der Waals surface area contributed by atoms with E-state index in [1.54, 1.807) is 21.0 Å². The molecule has 0 saturated carbocycles. The molecule has 0 aliphatic rings. The van der Waals surface area contributed by atoms with Crippen LogP contribution in [0.3, 0.4) is 0 Å². The van der Waals surface area contributed by atoms with E-state index in [-0.39, 0.29) is 5.91 Å². The molecule has 0 aliphatic heterocycles. The maximum atomic E-state index is 11.9. The third kappa shape index (κ3) is 2.80. The predicted molar refractivity (Wildman–Crippen MR) is 70.5 cm³/mol. The molecule has 0 unspecified atom stereocenters. The maximum Gasteiger partial charge on any atom is 0.244 e. The van der Waals surface area contributed by atoms with Crippen molar-refractivity contribution in [3.05, 3.63) is 23.3 Å². The van der Waals surface area contributed by atoms with Gasteiger partial charge >= 0.3 is 0 Å². The molecule has 1 aromatic rings. The summed E-state index contributed by atoms with van der Waals surface area (Å²) in [4.78, 5) is 11.9. The van der Waals surface area contributed by atoms with Crippen LogP contribution in [-0.2, 0) is 4.79 Å². The number of aryl methyl sites for hydroxylation is 2. The van der Waals surface area contributed by atoms with Gasteiger partial charge in [0.05, 0.1) is 13.2 Å². The number of rotatable bonds is 3. The second-order valence-electron chi connectivity index (χ2n) is 4.83. The van der Waals surface area contributed by atoms with Crippen LogP contribution in [0.5, 0.6) is 5.75 Å². The molecule has 4 nitrogen and oxygen atoms in total. The second kappa shape index (κ2) is 5.09. The third-order valence-electron chi connectivity index (χ3n) is 2.84. The van der Waals surface area contributed by atoms with Crippen molar-refractivity contribution in [2.45, 2.75) is 27.7 Å². The number of hydrogen-bond donors (Lipinski definition) is 1. The molecule has 96 valence electrons. The fourth-order valence-corrected chi connectivity index (χ4v) is 1.47. The molecule has 1 amide bonds. The van der Waals surface area contributed by atoms with Crippen LogP contribution < -0.4 is 10.1 Å². The molecule has 4 heteroatoms. The van der Waals surface area contributed by atoms with Gasteiger partial charge in [-0.3, -0.25) is 4.79 Å². The van der Waals surface area contributed by atoms with E-state index in [0.29, 0.717) is 5.69 Å². The number of methoxy groups -OCH3 is 1. The van der Waals surface area contributed by atoms with Crippen LogP contribution in [0.15, 0.2) is 12.1 Å². The third-order valence-corrected chi connectivity index (χ3v) is 2.84. The Bertz CT molecular complexity index is 513. The summed E-state index contributed by atoms with van der Waals surface area (Å²) < 4.78 is 5.21. The fourth-order valence-electron chi connectivity index (χ4n) is 1.47. The van der Waals surface area contributed by atoms with Gasteiger partial charge in [0.2, 0.25) is 5.91 Å². The van der Waals surface area contributed by atoms with E-state index in [0.717, 1.165) is 16.9 Å². The smallest absolute Gasteiger partial charge is 0.244 e. The first-order chi connectivity index (χ1) is 8.31. The van der Waals surface area contributed by atoms with Crippen LogP contribution in [0.25, 0.3) is 0 Å². The van der Waals surface area contributed by atoms with E-state index in [1.807, 2.05) is 32.0 Å². The lowest BCUT2D eigenvalue weighted by Crippen LogP contribution is -2.29. The Morgan fingerprint density at radius 1 is 1.33 bits per heavy atom. The first-order valence-corrected chi connectivity index (χ1v) is 5.69. The second-order valence-corrected chi connectivity index (χ2v) is 4.83. The van der Waals surface area contributed by atoms with Crippen LogP contribution in [-0.4, -0.2) is 13.0 Å². The van der Waals surface area contributed by atoms with Crippen LogP contribution in [0.2, 0.25) is 0 Å². The van der Waals surface area contributed by atoms with Gasteiger partial charge in [0.25, 0.3) is 0 Å². The molecule has 0 atom stereocenters. The SMILES string of the molecule is COc1cc(C)c(NC(=O)C(C)(C)C#N)cc1C. The average Bonchev–Trinajstić information content (AvgIpc) is 2.33. The number of carbonyl (C=O) groups is 1. The summed E-state index contributed by atoms with van der Waals surface area (Å²) in [6.45, 7) is 6.97. The quantitative estimate of drug-likeness (QED) is 0.892. The van der Waals surface area contributed by atoms with E-state index in [1.165, 1.54) is 0 Å². The number of nitriles is 1. The van der Waals surface area contributed by atoms with Gasteiger partial charge in [-0.05, 0) is 51.0 Å². The topological polar surface area (TPSA) is 62.1 Å². The van der Waals surface area contributed by atoms with E-state index in [4.69, 9.17) is 10.00 Å². The van der Waals surface area contributed by atoms with Crippen LogP contribution in [0.4, 0.5) is 5.69 Å². The molecular weight excluding hydrogens is 228 g/mol. The standard InChI is InChI=1S/C14H18N2O2/c1-9-7-12(18-5)10(2)6-11(9)16-13(17)14(3,4)8-15/h6-7H,1-5H3,(H,16,17). The van der Waals surface area contributed by atoms with E-state index in [2.05, 4.69) is 5.32 Å². The van der Waals surface area contributed by atoms with Crippen molar-refractivity contribution in [1.29, 1.82) is 5.26 Å². The van der Waals surface area contributed by atoms with Crippen LogP contribution in [0, 0.1) is 30.6 Å². The number of nitrogens with one attached hydrogen (secondary N) is 1. The first-order valence-electron chi connectivity index (χ1n) is 5.69. The highest BCUT2D eigenvalue weighted by molar-refractivity contribution is 5.97. The molecule has 0 heterocycles. The minimum absolute atomic E-state index is 0.308. The summed E-state index contributed by atoms with van der Waals surface area (Å²) in [7, 11) is 1.61. The first kappa shape index (κ1) is 14.0. The zero-order valence-electron chi connectivity index (χ0n) is 11.4. The Hall–Kier alpha value is -2.02. The molecular formula is C14H18N2O2. The Kier molecular flexibility index (Phi) is 3.97. The lowest BCUT2D eigenvalue weighted by Gasteiger charge is -2.17. The molecule has 18 heavy (non-hydrogen) atoms. The summed E-state index contributed by atoms with van der Waals surface area (Å²) in [5.74, 6) is 0.475. The Balaban J connectivity index is 3.04. The van der Waals surface area contributed by atoms with Gasteiger partial charge in [-0.15, -0.1) is 0 Å². The van der Waals surface area contributed by atoms with Crippen molar-refractivity contribution in [3.8, 4) is 11.8 Å². The molecule has 1 aromatic carbocycles. The summed E-state index contributed by atoms with van der Waals surface area (Å²) in [5, 5.41) is 11.7. The van der Waals surface area contributed by atoms with Crippen molar-refractivity contribution >= 4 is 11.6 Å². The normalized spacial score (nSPS) is 10.7. The molecule has 0 fully saturated rings. The maximum absolute atomic E-state index is 11.9. The molecule has 0 aliphatic carbocycles. The largest absolute Gasteiger partial charge is 0.496 e. The summed E-state index contributed by atoms with van der Waals surface area (Å²) in [6, 6.07) is 5.69. The molecule has 0 aromatic heterocycles. The van der Waals surface area contributed by atoms with Gasteiger partial charge in [-0.25, -0.2) is 0 Å². The Morgan fingerprint density at radius 2 is 1.94 bits per heavy atom. The van der Waals surface area contributed by atoms with Gasteiger partial charge < -0.3 is 10.1 Å². The van der Waals surface area contributed by atoms with Gasteiger partial charge in [0, 0.05) is 5.69 Å². The minimum Gasteiger partial charge on any atom is -0.496 e. The lowest BCUT2D eigenvalue weighted by atomic mass is 9.94. The molecule has 0 spiro atoms. The number of benzene rings is 1. The molecule has 1 N–H and O–H groups in total. The van der Waals surface area contributed by atoms with E-state index < -0.39 is 5.41 Å². The van der Waals surface area contributed by atoms with Crippen LogP contribution in [0.1, 0.15) is 25.0 Å². The number of ether oxygens (including phenoxy) is 1. The zero-order valence-corrected chi connectivity index (χ0v) is 11.4. The Labute approximate surface area is 108 Å². The highest BCUT2D eigenvalue weighted by Gasteiger charge is 2.27. The van der Waals surface area contributed by atoms with Gasteiger partial charge in [-0.1, -0.05) is 0 Å². The lowest BCUT2D eigenvalue weighted by molar-refractivity contribution is -0.121. The summed E-state index contributed by atoms with van der Waals surface area (Å²) in [6.07, 6.45) is 0. The zero-order chi connectivity index (χ0) is 13.9. The van der Waals surface area contributed by atoms with Gasteiger partial charge in [0.15, 0.2) is 0 Å². The average molecular weight is 246 g/mol. The number of anilines is 1. The van der Waals surface area contributed by atoms with Crippen molar-refractivity contribution in [1.82, 2.24) is 0 Å². The van der Waals surface area contributed by atoms with Crippen molar-refractivity contribution < 1.29 is 9.53 Å². The van der Waals surface area contributed by atoms with E-state index in [9.17, 15) is 4.79 Å². The summed E-state index contributed by atoms with van der Waals surface area (Å²) in [5.41, 5.74) is 1.51. The highest BCUT2D eigenvalue weighted by atomic mass is 16.5. The van der Waals surface area contributed by atoms with Crippen molar-refractivity contribution in [2.24, 2.45) is 5.41 Å². The Morgan fingerprint density at radius 3 is 2.44 bits per heavy atom. The highest BCUT2D eigenvalue weighted by Crippen LogP contribution is 2.27.